The van der Waals surface area contributed by atoms with Crippen LogP contribution in [-0.2, 0) is 6.54 Å². The van der Waals surface area contributed by atoms with Crippen molar-refractivity contribution >= 4 is 28.1 Å². The van der Waals surface area contributed by atoms with Crippen LogP contribution < -0.4 is 4.90 Å². The van der Waals surface area contributed by atoms with Crippen LogP contribution in [0, 0.1) is 0 Å². The van der Waals surface area contributed by atoms with Gasteiger partial charge in [0.25, 0.3) is 0 Å². The minimum Gasteiger partial charge on any atom is -0.476 e. The fraction of sp³-hybridized carbons (Fsp3) is 0.214. The normalized spacial score (nSPS) is 10.9. The fourth-order valence-electron chi connectivity index (χ4n) is 2.22. The quantitative estimate of drug-likeness (QED) is 0.784. The van der Waals surface area contributed by atoms with E-state index in [9.17, 15) is 9.90 Å². The standard InChI is InChI=1S/C14H14N4O2S/c1-2-17(9-10-5-3-4-6-15-10)12-11(13(19)20)18-7-8-21-14(18)16-12/h3-8H,2,9H2,1H3,(H,19,20). The number of carboxylic acids is 1. The molecule has 7 heteroatoms. The first-order chi connectivity index (χ1) is 10.2. The molecule has 0 aliphatic heterocycles. The van der Waals surface area contributed by atoms with E-state index in [0.717, 1.165) is 5.69 Å². The summed E-state index contributed by atoms with van der Waals surface area (Å²) in [6.45, 7) is 3.16. The van der Waals surface area contributed by atoms with Gasteiger partial charge in [-0.2, -0.15) is 0 Å². The van der Waals surface area contributed by atoms with Crippen molar-refractivity contribution in [1.29, 1.82) is 0 Å². The van der Waals surface area contributed by atoms with Crippen LogP contribution >= 0.6 is 11.3 Å². The van der Waals surface area contributed by atoms with Crippen molar-refractivity contribution in [2.75, 3.05) is 11.4 Å². The second-order valence-electron chi connectivity index (χ2n) is 4.48. The van der Waals surface area contributed by atoms with Crippen LogP contribution in [0.3, 0.4) is 0 Å². The molecule has 0 amide bonds. The summed E-state index contributed by atoms with van der Waals surface area (Å²) in [5.74, 6) is -0.488. The van der Waals surface area contributed by atoms with Crippen LogP contribution in [0.25, 0.3) is 4.96 Å². The Morgan fingerprint density at radius 2 is 2.33 bits per heavy atom. The zero-order valence-electron chi connectivity index (χ0n) is 11.4. The number of anilines is 1. The van der Waals surface area contributed by atoms with Crippen LogP contribution in [-0.4, -0.2) is 32.0 Å². The molecule has 3 aromatic rings. The largest absolute Gasteiger partial charge is 0.476 e. The van der Waals surface area contributed by atoms with Gasteiger partial charge in [0, 0.05) is 24.3 Å². The lowest BCUT2D eigenvalue weighted by Crippen LogP contribution is -2.25. The number of nitrogens with zero attached hydrogens (tertiary/aromatic N) is 4. The zero-order chi connectivity index (χ0) is 14.8. The van der Waals surface area contributed by atoms with Gasteiger partial charge in [-0.25, -0.2) is 9.78 Å². The molecule has 0 radical (unpaired) electrons. The summed E-state index contributed by atoms with van der Waals surface area (Å²) in [5, 5.41) is 11.3. The van der Waals surface area contributed by atoms with Gasteiger partial charge in [0.05, 0.1) is 12.2 Å². The summed E-state index contributed by atoms with van der Waals surface area (Å²) in [6.07, 6.45) is 3.46. The molecule has 108 valence electrons. The molecule has 0 bridgehead atoms. The summed E-state index contributed by atoms with van der Waals surface area (Å²) in [4.78, 5) is 22.9. The van der Waals surface area contributed by atoms with E-state index in [1.807, 2.05) is 35.4 Å². The Hall–Kier alpha value is -2.41. The van der Waals surface area contributed by atoms with Crippen LogP contribution in [0.5, 0.6) is 0 Å². The molecule has 3 rings (SSSR count). The molecule has 0 saturated heterocycles. The Labute approximate surface area is 125 Å². The SMILES string of the molecule is CCN(Cc1ccccn1)c1nc2sccn2c1C(=O)O. The van der Waals surface area contributed by atoms with E-state index < -0.39 is 5.97 Å². The van der Waals surface area contributed by atoms with Crippen LogP contribution in [0.15, 0.2) is 36.0 Å². The van der Waals surface area contributed by atoms with E-state index in [-0.39, 0.29) is 5.69 Å². The zero-order valence-corrected chi connectivity index (χ0v) is 12.2. The van der Waals surface area contributed by atoms with Crippen molar-refractivity contribution < 1.29 is 9.90 Å². The van der Waals surface area contributed by atoms with Gasteiger partial charge in [0.15, 0.2) is 16.5 Å². The number of imidazole rings is 1. The monoisotopic (exact) mass is 302 g/mol. The van der Waals surface area contributed by atoms with E-state index in [1.54, 1.807) is 16.8 Å². The minimum absolute atomic E-state index is 0.198. The van der Waals surface area contributed by atoms with Gasteiger partial charge in [-0.05, 0) is 19.1 Å². The molecule has 21 heavy (non-hydrogen) atoms. The third-order valence-electron chi connectivity index (χ3n) is 3.21. The first-order valence-electron chi connectivity index (χ1n) is 6.54. The number of thiazole rings is 1. The Bertz CT molecular complexity index is 766. The maximum absolute atomic E-state index is 11.6. The molecule has 0 saturated carbocycles. The number of carbonyl (C=O) groups is 1. The van der Waals surface area contributed by atoms with Crippen molar-refractivity contribution in [3.8, 4) is 0 Å². The molecule has 0 atom stereocenters. The highest BCUT2D eigenvalue weighted by Gasteiger charge is 2.23. The van der Waals surface area contributed by atoms with Crippen molar-refractivity contribution in [2.24, 2.45) is 0 Å². The van der Waals surface area contributed by atoms with Gasteiger partial charge in [-0.3, -0.25) is 9.38 Å². The lowest BCUT2D eigenvalue weighted by molar-refractivity contribution is 0.0690. The number of aromatic nitrogens is 3. The summed E-state index contributed by atoms with van der Waals surface area (Å²) in [7, 11) is 0. The molecule has 0 unspecified atom stereocenters. The average Bonchev–Trinajstić information content (AvgIpc) is 3.05. The first-order valence-corrected chi connectivity index (χ1v) is 7.42. The first kappa shape index (κ1) is 13.6. The van der Waals surface area contributed by atoms with Crippen LogP contribution in [0.4, 0.5) is 5.82 Å². The summed E-state index contributed by atoms with van der Waals surface area (Å²) in [5.41, 5.74) is 1.08. The molecule has 0 aromatic carbocycles. The van der Waals surface area contributed by atoms with E-state index in [0.29, 0.717) is 23.9 Å². The molecular formula is C14H14N4O2S. The highest BCUT2D eigenvalue weighted by Crippen LogP contribution is 2.25. The predicted molar refractivity (Wildman–Crippen MR) is 81.0 cm³/mol. The number of pyridine rings is 1. The van der Waals surface area contributed by atoms with E-state index >= 15 is 0 Å². The third kappa shape index (κ3) is 2.47. The van der Waals surface area contributed by atoms with Crippen molar-refractivity contribution in [3.63, 3.8) is 0 Å². The Balaban J connectivity index is 2.02. The van der Waals surface area contributed by atoms with Crippen LogP contribution in [0.2, 0.25) is 0 Å². The van der Waals surface area contributed by atoms with E-state index in [4.69, 9.17) is 0 Å². The molecule has 0 spiro atoms. The molecule has 0 aliphatic carbocycles. The fourth-order valence-corrected chi connectivity index (χ4v) is 2.93. The summed E-state index contributed by atoms with van der Waals surface area (Å²) < 4.78 is 1.61. The number of carboxylic acid groups (broad SMARTS) is 1. The topological polar surface area (TPSA) is 70.7 Å². The lowest BCUT2D eigenvalue weighted by Gasteiger charge is -2.20. The molecular weight excluding hydrogens is 288 g/mol. The highest BCUT2D eigenvalue weighted by atomic mass is 32.1. The van der Waals surface area contributed by atoms with Gasteiger partial charge in [-0.1, -0.05) is 6.07 Å². The van der Waals surface area contributed by atoms with Gasteiger partial charge >= 0.3 is 5.97 Å². The lowest BCUT2D eigenvalue weighted by atomic mass is 10.3. The summed E-state index contributed by atoms with van der Waals surface area (Å²) in [6, 6.07) is 5.69. The molecule has 0 fully saturated rings. The third-order valence-corrected chi connectivity index (χ3v) is 3.96. The maximum Gasteiger partial charge on any atom is 0.356 e. The van der Waals surface area contributed by atoms with Gasteiger partial charge < -0.3 is 10.0 Å². The number of fused-ring (bicyclic) bond motifs is 1. The Morgan fingerprint density at radius 1 is 1.48 bits per heavy atom. The van der Waals surface area contributed by atoms with Crippen molar-refractivity contribution in [3.05, 3.63) is 47.4 Å². The Morgan fingerprint density at radius 3 is 3.00 bits per heavy atom. The Kier molecular flexibility index (Phi) is 3.57. The molecule has 3 aromatic heterocycles. The number of rotatable bonds is 5. The highest BCUT2D eigenvalue weighted by molar-refractivity contribution is 7.15. The van der Waals surface area contributed by atoms with Crippen molar-refractivity contribution in [1.82, 2.24) is 14.4 Å². The van der Waals surface area contributed by atoms with E-state index in [1.165, 1.54) is 11.3 Å². The van der Waals surface area contributed by atoms with Crippen LogP contribution in [0.1, 0.15) is 23.1 Å². The summed E-state index contributed by atoms with van der Waals surface area (Å²) >= 11 is 1.42. The average molecular weight is 302 g/mol. The van der Waals surface area contributed by atoms with Gasteiger partial charge in [-0.15, -0.1) is 11.3 Å². The second kappa shape index (κ2) is 5.53. The van der Waals surface area contributed by atoms with Crippen molar-refractivity contribution in [2.45, 2.75) is 13.5 Å². The number of aromatic carboxylic acids is 1. The number of hydrogen-bond acceptors (Lipinski definition) is 5. The molecule has 3 heterocycles. The minimum atomic E-state index is -0.977. The molecule has 6 nitrogen and oxygen atoms in total. The smallest absolute Gasteiger partial charge is 0.356 e. The maximum atomic E-state index is 11.6. The predicted octanol–water partition coefficient (Wildman–Crippen LogP) is 2.52. The molecule has 1 N–H and O–H groups in total. The second-order valence-corrected chi connectivity index (χ2v) is 5.35. The van der Waals surface area contributed by atoms with Gasteiger partial charge in [0.2, 0.25) is 0 Å². The molecule has 0 aliphatic rings. The van der Waals surface area contributed by atoms with Gasteiger partial charge in [0.1, 0.15) is 0 Å². The van der Waals surface area contributed by atoms with E-state index in [2.05, 4.69) is 9.97 Å². The number of hydrogen-bond donors (Lipinski definition) is 1.